The van der Waals surface area contributed by atoms with Gasteiger partial charge >= 0.3 is 0 Å². The molecule has 0 radical (unpaired) electrons. The van der Waals surface area contributed by atoms with Gasteiger partial charge in [-0.3, -0.25) is 4.79 Å². The van der Waals surface area contributed by atoms with Crippen LogP contribution in [0.1, 0.15) is 12.8 Å². The average Bonchev–Trinajstić information content (AvgIpc) is 2.41. The van der Waals surface area contributed by atoms with Crippen molar-refractivity contribution in [3.05, 3.63) is 28.7 Å². The predicted octanol–water partition coefficient (Wildman–Crippen LogP) is 2.49. The normalized spacial score (nSPS) is 16.9. The second kappa shape index (κ2) is 6.59. The number of carbonyl (C=O) groups excluding carboxylic acids is 1. The number of nitrogens with two attached hydrogens (primary N) is 1. The molecule has 1 amide bonds. The van der Waals surface area contributed by atoms with Gasteiger partial charge in [-0.1, -0.05) is 12.1 Å². The SMILES string of the molecule is NCC(=O)N1CCC(Sc2ccccc2Br)CC1. The highest BCUT2D eigenvalue weighted by molar-refractivity contribution is 9.10. The molecule has 98 valence electrons. The first kappa shape index (κ1) is 13.9. The molecule has 5 heteroatoms. The molecule has 1 aliphatic rings. The summed E-state index contributed by atoms with van der Waals surface area (Å²) in [5, 5.41) is 0.588. The third-order valence-corrected chi connectivity index (χ3v) is 5.47. The molecule has 0 saturated carbocycles. The van der Waals surface area contributed by atoms with Gasteiger partial charge in [0.15, 0.2) is 0 Å². The van der Waals surface area contributed by atoms with Gasteiger partial charge in [0.1, 0.15) is 0 Å². The Hall–Kier alpha value is -0.520. The highest BCUT2D eigenvalue weighted by Crippen LogP contribution is 2.34. The Morgan fingerprint density at radius 1 is 1.39 bits per heavy atom. The molecule has 0 unspecified atom stereocenters. The van der Waals surface area contributed by atoms with Crippen LogP contribution in [0.4, 0.5) is 0 Å². The fourth-order valence-electron chi connectivity index (χ4n) is 2.07. The van der Waals surface area contributed by atoms with Crippen LogP contribution < -0.4 is 5.73 Å². The zero-order chi connectivity index (χ0) is 13.0. The van der Waals surface area contributed by atoms with E-state index in [1.54, 1.807) is 0 Å². The summed E-state index contributed by atoms with van der Waals surface area (Å²) in [7, 11) is 0. The minimum Gasteiger partial charge on any atom is -0.342 e. The molecule has 2 rings (SSSR count). The molecule has 1 aromatic rings. The summed E-state index contributed by atoms with van der Waals surface area (Å²) in [5.41, 5.74) is 5.38. The maximum absolute atomic E-state index is 11.5. The summed E-state index contributed by atoms with van der Waals surface area (Å²) in [5.74, 6) is 0.0688. The Morgan fingerprint density at radius 3 is 2.67 bits per heavy atom. The molecule has 0 atom stereocenters. The van der Waals surface area contributed by atoms with E-state index in [4.69, 9.17) is 5.73 Å². The minimum absolute atomic E-state index is 0.0688. The number of hydrogen-bond acceptors (Lipinski definition) is 3. The monoisotopic (exact) mass is 328 g/mol. The van der Waals surface area contributed by atoms with Gasteiger partial charge in [-0.15, -0.1) is 11.8 Å². The second-order valence-electron chi connectivity index (χ2n) is 4.33. The van der Waals surface area contributed by atoms with Crippen LogP contribution in [-0.2, 0) is 4.79 Å². The van der Waals surface area contributed by atoms with Crippen molar-refractivity contribution in [2.24, 2.45) is 5.73 Å². The van der Waals surface area contributed by atoms with Gasteiger partial charge in [-0.2, -0.15) is 0 Å². The Balaban J connectivity index is 1.87. The van der Waals surface area contributed by atoms with E-state index >= 15 is 0 Å². The van der Waals surface area contributed by atoms with E-state index in [9.17, 15) is 4.79 Å². The molecule has 1 heterocycles. The van der Waals surface area contributed by atoms with E-state index in [0.717, 1.165) is 30.4 Å². The van der Waals surface area contributed by atoms with Gasteiger partial charge < -0.3 is 10.6 Å². The Bertz CT molecular complexity index is 419. The first-order chi connectivity index (χ1) is 8.70. The van der Waals surface area contributed by atoms with E-state index in [0.29, 0.717) is 5.25 Å². The molecular formula is C13H17BrN2OS. The van der Waals surface area contributed by atoms with Crippen LogP contribution >= 0.6 is 27.7 Å². The average molecular weight is 329 g/mol. The predicted molar refractivity (Wildman–Crippen MR) is 78.7 cm³/mol. The number of hydrogen-bond donors (Lipinski definition) is 1. The molecule has 18 heavy (non-hydrogen) atoms. The summed E-state index contributed by atoms with van der Waals surface area (Å²) >= 11 is 5.46. The van der Waals surface area contributed by atoms with Crippen molar-refractivity contribution < 1.29 is 4.79 Å². The third kappa shape index (κ3) is 3.49. The number of benzene rings is 1. The molecule has 1 fully saturated rings. The van der Waals surface area contributed by atoms with Crippen LogP contribution in [-0.4, -0.2) is 35.7 Å². The van der Waals surface area contributed by atoms with E-state index in [-0.39, 0.29) is 12.5 Å². The Kier molecular flexibility index (Phi) is 5.09. The van der Waals surface area contributed by atoms with Crippen LogP contribution in [0.3, 0.4) is 0 Å². The maximum Gasteiger partial charge on any atom is 0.236 e. The lowest BCUT2D eigenvalue weighted by Gasteiger charge is -2.31. The van der Waals surface area contributed by atoms with Crippen molar-refractivity contribution in [1.29, 1.82) is 0 Å². The topological polar surface area (TPSA) is 46.3 Å². The molecular weight excluding hydrogens is 312 g/mol. The highest BCUT2D eigenvalue weighted by Gasteiger charge is 2.22. The first-order valence-electron chi connectivity index (χ1n) is 6.09. The number of carbonyl (C=O) groups is 1. The van der Waals surface area contributed by atoms with Crippen molar-refractivity contribution in [2.75, 3.05) is 19.6 Å². The third-order valence-electron chi connectivity index (χ3n) is 3.10. The van der Waals surface area contributed by atoms with Crippen LogP contribution in [0.15, 0.2) is 33.6 Å². The zero-order valence-electron chi connectivity index (χ0n) is 10.1. The number of halogens is 1. The van der Waals surface area contributed by atoms with Crippen LogP contribution in [0, 0.1) is 0 Å². The fourth-order valence-corrected chi connectivity index (χ4v) is 3.78. The molecule has 3 nitrogen and oxygen atoms in total. The van der Waals surface area contributed by atoms with Gasteiger partial charge in [0.25, 0.3) is 0 Å². The lowest BCUT2D eigenvalue weighted by atomic mass is 10.1. The highest BCUT2D eigenvalue weighted by atomic mass is 79.9. The molecule has 0 aliphatic carbocycles. The number of thioether (sulfide) groups is 1. The van der Waals surface area contributed by atoms with Crippen molar-refractivity contribution in [2.45, 2.75) is 23.0 Å². The van der Waals surface area contributed by atoms with Crippen LogP contribution in [0.25, 0.3) is 0 Å². The summed E-state index contributed by atoms with van der Waals surface area (Å²) in [4.78, 5) is 14.6. The Labute approximate surface area is 120 Å². The molecule has 2 N–H and O–H groups in total. The molecule has 0 aromatic heterocycles. The van der Waals surface area contributed by atoms with E-state index in [2.05, 4.69) is 34.1 Å². The maximum atomic E-state index is 11.5. The van der Waals surface area contributed by atoms with E-state index < -0.39 is 0 Å². The molecule has 1 aromatic carbocycles. The van der Waals surface area contributed by atoms with Crippen molar-refractivity contribution >= 4 is 33.6 Å². The van der Waals surface area contributed by atoms with Gasteiger partial charge in [0.2, 0.25) is 5.91 Å². The van der Waals surface area contributed by atoms with Crippen molar-refractivity contribution in [3.63, 3.8) is 0 Å². The van der Waals surface area contributed by atoms with E-state index in [1.807, 2.05) is 22.7 Å². The van der Waals surface area contributed by atoms with Crippen molar-refractivity contribution in [1.82, 2.24) is 4.90 Å². The smallest absolute Gasteiger partial charge is 0.236 e. The van der Waals surface area contributed by atoms with E-state index in [1.165, 1.54) is 4.90 Å². The summed E-state index contributed by atoms with van der Waals surface area (Å²) in [6.45, 7) is 1.79. The van der Waals surface area contributed by atoms with Gasteiger partial charge in [0, 0.05) is 27.7 Å². The summed E-state index contributed by atoms with van der Waals surface area (Å²) < 4.78 is 1.15. The number of amides is 1. The standard InChI is InChI=1S/C13H17BrN2OS/c14-11-3-1-2-4-12(11)18-10-5-7-16(8-6-10)13(17)9-15/h1-4,10H,5-9,15H2. The van der Waals surface area contributed by atoms with Gasteiger partial charge in [-0.05, 0) is 40.9 Å². The number of likely N-dealkylation sites (tertiary alicyclic amines) is 1. The minimum atomic E-state index is 0.0688. The second-order valence-corrected chi connectivity index (χ2v) is 6.53. The van der Waals surface area contributed by atoms with Gasteiger partial charge in [0.05, 0.1) is 6.54 Å². The zero-order valence-corrected chi connectivity index (χ0v) is 12.5. The number of rotatable bonds is 3. The molecule has 1 saturated heterocycles. The quantitative estimate of drug-likeness (QED) is 0.927. The van der Waals surface area contributed by atoms with Crippen molar-refractivity contribution in [3.8, 4) is 0 Å². The molecule has 1 aliphatic heterocycles. The number of piperidine rings is 1. The summed E-state index contributed by atoms with van der Waals surface area (Å²) in [6.07, 6.45) is 2.08. The first-order valence-corrected chi connectivity index (χ1v) is 7.77. The lowest BCUT2D eigenvalue weighted by Crippen LogP contribution is -2.42. The van der Waals surface area contributed by atoms with Crippen LogP contribution in [0.5, 0.6) is 0 Å². The molecule has 0 bridgehead atoms. The largest absolute Gasteiger partial charge is 0.342 e. The number of nitrogens with zero attached hydrogens (tertiary/aromatic N) is 1. The molecule has 0 spiro atoms. The summed E-state index contributed by atoms with van der Waals surface area (Å²) in [6, 6.07) is 8.28. The fraction of sp³-hybridized carbons (Fsp3) is 0.462. The van der Waals surface area contributed by atoms with Gasteiger partial charge in [-0.25, -0.2) is 0 Å². The van der Waals surface area contributed by atoms with Crippen LogP contribution in [0.2, 0.25) is 0 Å². The Morgan fingerprint density at radius 2 is 2.06 bits per heavy atom. The lowest BCUT2D eigenvalue weighted by molar-refractivity contribution is -0.130.